The maximum atomic E-state index is 8.99. The molecule has 3 rings (SSSR count). The fraction of sp³-hybridized carbons (Fsp3) is 0.250. The second kappa shape index (κ2) is 5.55. The van der Waals surface area contributed by atoms with Gasteiger partial charge in [-0.2, -0.15) is 5.26 Å². The first-order chi connectivity index (χ1) is 10.1. The van der Waals surface area contributed by atoms with Gasteiger partial charge in [0.25, 0.3) is 0 Å². The first-order valence-corrected chi connectivity index (χ1v) is 7.46. The summed E-state index contributed by atoms with van der Waals surface area (Å²) in [6.07, 6.45) is 2.53. The molecule has 0 spiro atoms. The van der Waals surface area contributed by atoms with E-state index in [4.69, 9.17) is 28.5 Å². The van der Waals surface area contributed by atoms with Gasteiger partial charge >= 0.3 is 0 Å². The van der Waals surface area contributed by atoms with Crippen molar-refractivity contribution in [3.05, 3.63) is 57.3 Å². The summed E-state index contributed by atoms with van der Waals surface area (Å²) in [5.41, 5.74) is 3.74. The average molecular weight is 318 g/mol. The van der Waals surface area contributed by atoms with Gasteiger partial charge in [-0.25, -0.2) is 4.98 Å². The Morgan fingerprint density at radius 2 is 2.14 bits per heavy atom. The Balaban J connectivity index is 2.02. The van der Waals surface area contributed by atoms with Crippen LogP contribution < -0.4 is 4.90 Å². The number of aromatic nitrogens is 1. The molecule has 106 valence electrons. The normalized spacial score (nSPS) is 17.2. The van der Waals surface area contributed by atoms with Crippen molar-refractivity contribution in [3.8, 4) is 6.07 Å². The molecule has 1 unspecified atom stereocenters. The number of pyridine rings is 1. The molecule has 1 atom stereocenters. The maximum Gasteiger partial charge on any atom is 0.142 e. The predicted molar refractivity (Wildman–Crippen MR) is 84.9 cm³/mol. The highest BCUT2D eigenvalue weighted by molar-refractivity contribution is 6.35. The van der Waals surface area contributed by atoms with Gasteiger partial charge in [-0.1, -0.05) is 23.2 Å². The highest BCUT2D eigenvalue weighted by Gasteiger charge is 2.26. The van der Waals surface area contributed by atoms with Crippen LogP contribution in [0.25, 0.3) is 0 Å². The number of rotatable bonds is 1. The van der Waals surface area contributed by atoms with E-state index in [1.54, 1.807) is 12.3 Å². The molecule has 21 heavy (non-hydrogen) atoms. The molecular formula is C16H13Cl2N3. The van der Waals surface area contributed by atoms with Crippen LogP contribution in [-0.4, -0.2) is 11.5 Å². The van der Waals surface area contributed by atoms with Crippen LogP contribution in [0.15, 0.2) is 30.5 Å². The summed E-state index contributed by atoms with van der Waals surface area (Å²) in [5, 5.41) is 10.4. The van der Waals surface area contributed by atoms with Crippen molar-refractivity contribution in [2.75, 3.05) is 11.4 Å². The molecule has 0 saturated heterocycles. The van der Waals surface area contributed by atoms with Crippen molar-refractivity contribution in [2.24, 2.45) is 0 Å². The molecule has 1 aromatic heterocycles. The quantitative estimate of drug-likeness (QED) is 0.783. The molecule has 5 heteroatoms. The van der Waals surface area contributed by atoms with Gasteiger partial charge in [0.05, 0.1) is 6.04 Å². The number of hydrogen-bond acceptors (Lipinski definition) is 3. The molecule has 1 aliphatic heterocycles. The monoisotopic (exact) mass is 317 g/mol. The van der Waals surface area contributed by atoms with Crippen molar-refractivity contribution >= 4 is 28.9 Å². The van der Waals surface area contributed by atoms with Gasteiger partial charge in [0.2, 0.25) is 0 Å². The lowest BCUT2D eigenvalue weighted by molar-refractivity contribution is 0.624. The van der Waals surface area contributed by atoms with Gasteiger partial charge < -0.3 is 4.90 Å². The fourth-order valence-corrected chi connectivity index (χ4v) is 3.47. The molecule has 3 nitrogen and oxygen atoms in total. The van der Waals surface area contributed by atoms with Crippen LogP contribution >= 0.6 is 23.2 Å². The van der Waals surface area contributed by atoms with E-state index < -0.39 is 0 Å². The summed E-state index contributed by atoms with van der Waals surface area (Å²) < 4.78 is 0. The van der Waals surface area contributed by atoms with Gasteiger partial charge in [-0.05, 0) is 48.7 Å². The van der Waals surface area contributed by atoms with E-state index in [2.05, 4.69) is 22.9 Å². The molecule has 0 saturated carbocycles. The van der Waals surface area contributed by atoms with Gasteiger partial charge in [0.1, 0.15) is 11.8 Å². The number of nitriles is 1. The second-order valence-electron chi connectivity index (χ2n) is 5.09. The van der Waals surface area contributed by atoms with Gasteiger partial charge in [0, 0.05) is 28.5 Å². The zero-order valence-electron chi connectivity index (χ0n) is 11.5. The Hall–Kier alpha value is -1.76. The molecule has 1 aromatic carbocycles. The summed E-state index contributed by atoms with van der Waals surface area (Å²) in [5.74, 6) is 0. The fourth-order valence-electron chi connectivity index (χ4n) is 2.87. The molecule has 0 bridgehead atoms. The van der Waals surface area contributed by atoms with Crippen LogP contribution in [0.5, 0.6) is 0 Å². The Bertz CT molecular complexity index is 737. The van der Waals surface area contributed by atoms with Gasteiger partial charge in [-0.3, -0.25) is 0 Å². The summed E-state index contributed by atoms with van der Waals surface area (Å²) in [4.78, 5) is 6.27. The van der Waals surface area contributed by atoms with Crippen molar-refractivity contribution < 1.29 is 0 Å². The van der Waals surface area contributed by atoms with Crippen molar-refractivity contribution in [3.63, 3.8) is 0 Å². The van der Waals surface area contributed by atoms with E-state index in [-0.39, 0.29) is 6.04 Å². The van der Waals surface area contributed by atoms with E-state index in [0.717, 1.165) is 29.2 Å². The van der Waals surface area contributed by atoms with E-state index >= 15 is 0 Å². The van der Waals surface area contributed by atoms with Crippen LogP contribution in [0.2, 0.25) is 10.0 Å². The summed E-state index contributed by atoms with van der Waals surface area (Å²) in [6, 6.07) is 9.74. The molecule has 2 heterocycles. The van der Waals surface area contributed by atoms with Crippen molar-refractivity contribution in [2.45, 2.75) is 19.4 Å². The topological polar surface area (TPSA) is 39.9 Å². The van der Waals surface area contributed by atoms with Crippen LogP contribution in [0, 0.1) is 11.3 Å². The summed E-state index contributed by atoms with van der Waals surface area (Å²) >= 11 is 12.4. The minimum Gasteiger partial charge on any atom is -0.364 e. The summed E-state index contributed by atoms with van der Waals surface area (Å²) in [7, 11) is 0. The Labute approximate surface area is 133 Å². The molecular weight excluding hydrogens is 305 g/mol. The lowest BCUT2D eigenvalue weighted by Gasteiger charge is -2.37. The Kier molecular flexibility index (Phi) is 3.75. The highest BCUT2D eigenvalue weighted by Crippen LogP contribution is 2.38. The SMILES string of the molecule is CC1c2cc(Cl)cc(Cl)c2CCN1c1ccnc(C#N)c1. The standard InChI is InChI=1S/C16H13Cl2N3/c1-10-15-6-11(17)7-16(18)14(15)3-5-21(10)13-2-4-20-12(8-13)9-19/h2,4,6-8,10H,3,5H2,1H3. The second-order valence-corrected chi connectivity index (χ2v) is 5.93. The largest absolute Gasteiger partial charge is 0.364 e. The van der Waals surface area contributed by atoms with Crippen molar-refractivity contribution in [1.29, 1.82) is 5.26 Å². The lowest BCUT2D eigenvalue weighted by Crippen LogP contribution is -2.34. The minimum atomic E-state index is 0.152. The zero-order valence-corrected chi connectivity index (χ0v) is 13.0. The third-order valence-corrected chi connectivity index (χ3v) is 4.46. The Morgan fingerprint density at radius 3 is 2.90 bits per heavy atom. The number of benzene rings is 1. The number of anilines is 1. The first kappa shape index (κ1) is 14.2. The Morgan fingerprint density at radius 1 is 1.33 bits per heavy atom. The number of nitrogens with zero attached hydrogens (tertiary/aromatic N) is 3. The minimum absolute atomic E-state index is 0.152. The smallest absolute Gasteiger partial charge is 0.142 e. The van der Waals surface area contributed by atoms with Crippen LogP contribution in [-0.2, 0) is 6.42 Å². The van der Waals surface area contributed by atoms with E-state index in [9.17, 15) is 0 Å². The number of halogens is 2. The zero-order chi connectivity index (χ0) is 15.0. The van der Waals surface area contributed by atoms with Gasteiger partial charge in [0.15, 0.2) is 0 Å². The van der Waals surface area contributed by atoms with E-state index in [1.807, 2.05) is 18.2 Å². The molecule has 0 radical (unpaired) electrons. The third kappa shape index (κ3) is 2.57. The molecule has 0 N–H and O–H groups in total. The molecule has 0 aliphatic carbocycles. The number of fused-ring (bicyclic) bond motifs is 1. The highest BCUT2D eigenvalue weighted by atomic mass is 35.5. The predicted octanol–water partition coefficient (Wildman–Crippen LogP) is 4.38. The molecule has 1 aliphatic rings. The molecule has 0 amide bonds. The lowest BCUT2D eigenvalue weighted by atomic mass is 9.93. The van der Waals surface area contributed by atoms with Crippen LogP contribution in [0.1, 0.15) is 29.8 Å². The van der Waals surface area contributed by atoms with E-state index in [0.29, 0.717) is 10.7 Å². The number of hydrogen-bond donors (Lipinski definition) is 0. The maximum absolute atomic E-state index is 8.99. The molecule has 0 fully saturated rings. The summed E-state index contributed by atoms with van der Waals surface area (Å²) in [6.45, 7) is 2.97. The molecule has 2 aromatic rings. The van der Waals surface area contributed by atoms with Crippen LogP contribution in [0.3, 0.4) is 0 Å². The first-order valence-electron chi connectivity index (χ1n) is 6.71. The van der Waals surface area contributed by atoms with Crippen LogP contribution in [0.4, 0.5) is 5.69 Å². The van der Waals surface area contributed by atoms with Gasteiger partial charge in [-0.15, -0.1) is 0 Å². The third-order valence-electron chi connectivity index (χ3n) is 3.90. The van der Waals surface area contributed by atoms with Crippen molar-refractivity contribution in [1.82, 2.24) is 4.98 Å². The average Bonchev–Trinajstić information content (AvgIpc) is 2.48. The van der Waals surface area contributed by atoms with E-state index in [1.165, 1.54) is 5.56 Å².